The lowest BCUT2D eigenvalue weighted by molar-refractivity contribution is 0.449. The summed E-state index contributed by atoms with van der Waals surface area (Å²) in [5.41, 5.74) is 3.83. The Kier molecular flexibility index (Phi) is 3.74. The second-order valence-corrected chi connectivity index (χ2v) is 4.23. The maximum Gasteiger partial charge on any atom is 0.263 e. The molecule has 0 saturated heterocycles. The molecule has 20 heavy (non-hydrogen) atoms. The highest BCUT2D eigenvalue weighted by atomic mass is 16.3. The molecule has 8 nitrogen and oxygen atoms in total. The van der Waals surface area contributed by atoms with E-state index in [1.165, 1.54) is 23.0 Å². The molecule has 1 aromatic heterocycles. The Hall–Kier alpha value is -2.77. The molecule has 0 radical (unpaired) electrons. The molecule has 0 aliphatic rings. The van der Waals surface area contributed by atoms with Crippen LogP contribution in [-0.4, -0.2) is 31.3 Å². The van der Waals surface area contributed by atoms with E-state index in [1.807, 2.05) is 6.92 Å². The third-order valence-corrected chi connectivity index (χ3v) is 2.79. The van der Waals surface area contributed by atoms with Gasteiger partial charge < -0.3 is 16.1 Å². The van der Waals surface area contributed by atoms with Gasteiger partial charge in [-0.2, -0.15) is 5.10 Å². The monoisotopic (exact) mass is 276 g/mol. The Morgan fingerprint density at radius 2 is 2.15 bits per heavy atom. The van der Waals surface area contributed by atoms with Crippen molar-refractivity contribution in [3.63, 3.8) is 0 Å². The van der Waals surface area contributed by atoms with E-state index in [-0.39, 0.29) is 11.5 Å². The molecule has 0 aliphatic heterocycles. The zero-order valence-corrected chi connectivity index (χ0v) is 11.2. The second-order valence-electron chi connectivity index (χ2n) is 4.23. The van der Waals surface area contributed by atoms with Gasteiger partial charge in [-0.15, -0.1) is 10.2 Å². The van der Waals surface area contributed by atoms with Crippen molar-refractivity contribution >= 4 is 12.2 Å². The summed E-state index contributed by atoms with van der Waals surface area (Å²) in [7, 11) is 0. The molecule has 0 aliphatic carbocycles. The first-order valence-electron chi connectivity index (χ1n) is 6.04. The molecule has 0 unspecified atom stereocenters. The van der Waals surface area contributed by atoms with Crippen molar-refractivity contribution in [3.05, 3.63) is 29.1 Å². The molecule has 106 valence electrons. The molecule has 0 saturated carbocycles. The van der Waals surface area contributed by atoms with Crippen LogP contribution < -0.4 is 11.3 Å². The fourth-order valence-electron chi connectivity index (χ4n) is 1.72. The van der Waals surface area contributed by atoms with Crippen molar-refractivity contribution in [1.29, 1.82) is 0 Å². The zero-order chi connectivity index (χ0) is 14.7. The molecule has 2 aromatic rings. The number of aromatic nitrogens is 3. The Labute approximate surface area is 115 Å². The predicted octanol–water partition coefficient (Wildman–Crippen LogP) is 0.720. The van der Waals surface area contributed by atoms with Crippen molar-refractivity contribution < 1.29 is 10.2 Å². The van der Waals surface area contributed by atoms with E-state index in [0.717, 1.165) is 0 Å². The molecule has 0 atom stereocenters. The number of rotatable bonds is 4. The van der Waals surface area contributed by atoms with Crippen LogP contribution in [-0.2, 0) is 6.42 Å². The van der Waals surface area contributed by atoms with Crippen LogP contribution in [0.2, 0.25) is 0 Å². The molecule has 0 amide bonds. The Morgan fingerprint density at radius 3 is 2.75 bits per heavy atom. The summed E-state index contributed by atoms with van der Waals surface area (Å²) in [5.74, 6) is 6.62. The van der Waals surface area contributed by atoms with E-state index in [1.54, 1.807) is 6.92 Å². The van der Waals surface area contributed by atoms with Gasteiger partial charge in [0.05, 0.1) is 6.21 Å². The summed E-state index contributed by atoms with van der Waals surface area (Å²) in [5, 5.41) is 30.7. The number of hydrogen-bond acceptors (Lipinski definition) is 7. The summed E-state index contributed by atoms with van der Waals surface area (Å²) >= 11 is 0. The molecule has 5 N–H and O–H groups in total. The van der Waals surface area contributed by atoms with Gasteiger partial charge in [0.15, 0.2) is 5.82 Å². The van der Waals surface area contributed by atoms with E-state index in [4.69, 9.17) is 5.84 Å². The number of hydrazone groups is 1. The second kappa shape index (κ2) is 5.47. The highest BCUT2D eigenvalue weighted by Gasteiger charge is 2.07. The van der Waals surface area contributed by atoms with Crippen LogP contribution in [0.3, 0.4) is 0 Å². The lowest BCUT2D eigenvalue weighted by atomic mass is 10.1. The molecule has 0 spiro atoms. The lowest BCUT2D eigenvalue weighted by Gasteiger charge is -2.04. The van der Waals surface area contributed by atoms with Crippen molar-refractivity contribution in [3.8, 4) is 11.5 Å². The SMILES string of the molecule is CCc1nnc(NN=Cc2c(C)cc(O)cc2O)n1N. The summed E-state index contributed by atoms with van der Waals surface area (Å²) in [6, 6.07) is 2.77. The van der Waals surface area contributed by atoms with Gasteiger partial charge in [-0.1, -0.05) is 6.92 Å². The quantitative estimate of drug-likeness (QED) is 0.371. The Bertz CT molecular complexity index is 626. The third kappa shape index (κ3) is 2.63. The minimum atomic E-state index is -0.0588. The first kappa shape index (κ1) is 13.7. The van der Waals surface area contributed by atoms with E-state index in [9.17, 15) is 10.2 Å². The number of benzene rings is 1. The number of aryl methyl sites for hydroxylation is 2. The van der Waals surface area contributed by atoms with Gasteiger partial charge in [0, 0.05) is 18.1 Å². The Balaban J connectivity index is 2.16. The number of phenols is 2. The van der Waals surface area contributed by atoms with Crippen molar-refractivity contribution in [2.24, 2.45) is 5.10 Å². The zero-order valence-electron chi connectivity index (χ0n) is 11.2. The summed E-state index contributed by atoms with van der Waals surface area (Å²) in [6.45, 7) is 3.67. The molecule has 0 fully saturated rings. The molecule has 8 heteroatoms. The van der Waals surface area contributed by atoms with Gasteiger partial charge in [0.25, 0.3) is 5.95 Å². The highest BCUT2D eigenvalue weighted by Crippen LogP contribution is 2.25. The number of phenolic OH excluding ortho intramolecular Hbond substituents is 2. The molecule has 1 aromatic carbocycles. The number of hydrogen-bond donors (Lipinski definition) is 4. The number of aromatic hydroxyl groups is 2. The van der Waals surface area contributed by atoms with Crippen LogP contribution in [0.4, 0.5) is 5.95 Å². The van der Waals surface area contributed by atoms with E-state index >= 15 is 0 Å². The molecule has 0 bridgehead atoms. The van der Waals surface area contributed by atoms with Crippen LogP contribution in [0.5, 0.6) is 11.5 Å². The average Bonchev–Trinajstić information content (AvgIpc) is 2.73. The van der Waals surface area contributed by atoms with Gasteiger partial charge in [-0.25, -0.2) is 10.1 Å². The fourth-order valence-corrected chi connectivity index (χ4v) is 1.72. The fraction of sp³-hybridized carbons (Fsp3) is 0.250. The van der Waals surface area contributed by atoms with Gasteiger partial charge in [-0.05, 0) is 18.6 Å². The largest absolute Gasteiger partial charge is 0.508 e. The van der Waals surface area contributed by atoms with Crippen LogP contribution in [0.1, 0.15) is 23.9 Å². The minimum Gasteiger partial charge on any atom is -0.508 e. The lowest BCUT2D eigenvalue weighted by Crippen LogP contribution is -2.14. The van der Waals surface area contributed by atoms with Crippen molar-refractivity contribution in [1.82, 2.24) is 14.9 Å². The maximum atomic E-state index is 9.73. The van der Waals surface area contributed by atoms with Gasteiger partial charge in [-0.3, -0.25) is 0 Å². The van der Waals surface area contributed by atoms with Gasteiger partial charge >= 0.3 is 0 Å². The summed E-state index contributed by atoms with van der Waals surface area (Å²) in [6.07, 6.45) is 2.08. The number of nitrogen functional groups attached to an aromatic ring is 1. The summed E-state index contributed by atoms with van der Waals surface area (Å²) < 4.78 is 1.31. The first-order valence-corrected chi connectivity index (χ1v) is 6.04. The van der Waals surface area contributed by atoms with Crippen LogP contribution >= 0.6 is 0 Å². The normalized spacial score (nSPS) is 11.1. The topological polar surface area (TPSA) is 122 Å². The van der Waals surface area contributed by atoms with E-state index < -0.39 is 0 Å². The van der Waals surface area contributed by atoms with Gasteiger partial charge in [0.2, 0.25) is 0 Å². The van der Waals surface area contributed by atoms with Gasteiger partial charge in [0.1, 0.15) is 11.5 Å². The van der Waals surface area contributed by atoms with E-state index in [2.05, 4.69) is 20.7 Å². The molecular weight excluding hydrogens is 260 g/mol. The van der Waals surface area contributed by atoms with E-state index in [0.29, 0.717) is 29.3 Å². The van der Waals surface area contributed by atoms with Crippen LogP contribution in [0, 0.1) is 6.92 Å². The first-order chi connectivity index (χ1) is 9.52. The average molecular weight is 276 g/mol. The van der Waals surface area contributed by atoms with Crippen molar-refractivity contribution in [2.75, 3.05) is 11.3 Å². The minimum absolute atomic E-state index is 0.000557. The highest BCUT2D eigenvalue weighted by molar-refractivity contribution is 5.86. The van der Waals surface area contributed by atoms with Crippen molar-refractivity contribution in [2.45, 2.75) is 20.3 Å². The van der Waals surface area contributed by atoms with Crippen LogP contribution in [0.15, 0.2) is 17.2 Å². The molecular formula is C12H16N6O2. The van der Waals surface area contributed by atoms with Crippen LogP contribution in [0.25, 0.3) is 0 Å². The number of anilines is 1. The maximum absolute atomic E-state index is 9.73. The number of nitrogens with zero attached hydrogens (tertiary/aromatic N) is 4. The summed E-state index contributed by atoms with van der Waals surface area (Å²) in [4.78, 5) is 0. The molecule has 2 rings (SSSR count). The molecule has 1 heterocycles. The number of nitrogens with two attached hydrogens (primary N) is 1. The third-order valence-electron chi connectivity index (χ3n) is 2.79. The smallest absolute Gasteiger partial charge is 0.263 e. The standard InChI is InChI=1S/C12H16N6O2/c1-3-11-15-17-12(18(11)13)16-14-6-9-7(2)4-8(19)5-10(9)20/h4-6,19-20H,3,13H2,1-2H3,(H,16,17). The Morgan fingerprint density at radius 1 is 1.40 bits per heavy atom. The predicted molar refractivity (Wildman–Crippen MR) is 75.3 cm³/mol. The number of nitrogens with one attached hydrogen (secondary N) is 1.